The Morgan fingerprint density at radius 3 is 2.93 bits per heavy atom. The maximum atomic E-state index is 10.7. The number of hydrogen-bond donors (Lipinski definition) is 2. The Bertz CT molecular complexity index is 360. The highest BCUT2D eigenvalue weighted by atomic mass is 16.4. The van der Waals surface area contributed by atoms with Gasteiger partial charge in [-0.05, 0) is 29.2 Å². The molecule has 0 spiro atoms. The van der Waals surface area contributed by atoms with Crippen molar-refractivity contribution >= 4 is 11.9 Å². The van der Waals surface area contributed by atoms with E-state index in [-0.39, 0.29) is 12.5 Å². The van der Waals surface area contributed by atoms with Crippen LogP contribution in [0.25, 0.3) is 0 Å². The molecular formula is C8H13N5O2. The zero-order valence-corrected chi connectivity index (χ0v) is 8.42. The van der Waals surface area contributed by atoms with Crippen molar-refractivity contribution in [2.24, 2.45) is 13.0 Å². The predicted molar refractivity (Wildman–Crippen MR) is 51.2 cm³/mol. The van der Waals surface area contributed by atoms with E-state index in [1.54, 1.807) is 7.05 Å². The number of tetrazole rings is 1. The van der Waals surface area contributed by atoms with Gasteiger partial charge < -0.3 is 10.4 Å². The van der Waals surface area contributed by atoms with Gasteiger partial charge in [0.15, 0.2) is 0 Å². The van der Waals surface area contributed by atoms with Crippen molar-refractivity contribution in [2.45, 2.75) is 25.3 Å². The first-order chi connectivity index (χ1) is 7.16. The number of carbonyl (C=O) groups is 1. The maximum absolute atomic E-state index is 10.7. The lowest BCUT2D eigenvalue weighted by molar-refractivity contribution is -0.137. The molecule has 82 valence electrons. The molecular weight excluding hydrogens is 198 g/mol. The van der Waals surface area contributed by atoms with E-state index in [2.05, 4.69) is 20.8 Å². The number of nitrogens with one attached hydrogen (secondary N) is 1. The van der Waals surface area contributed by atoms with Gasteiger partial charge in [0.1, 0.15) is 0 Å². The fourth-order valence-electron chi connectivity index (χ4n) is 1.54. The Morgan fingerprint density at radius 1 is 1.73 bits per heavy atom. The molecule has 1 heterocycles. The van der Waals surface area contributed by atoms with Crippen molar-refractivity contribution in [1.29, 1.82) is 0 Å². The van der Waals surface area contributed by atoms with E-state index in [0.717, 1.165) is 12.8 Å². The highest BCUT2D eigenvalue weighted by Crippen LogP contribution is 2.35. The minimum Gasteiger partial charge on any atom is -0.481 e. The summed E-state index contributed by atoms with van der Waals surface area (Å²) < 4.78 is 1.50. The average molecular weight is 211 g/mol. The first kappa shape index (κ1) is 9.88. The van der Waals surface area contributed by atoms with Gasteiger partial charge in [-0.15, -0.1) is 0 Å². The molecule has 1 aromatic rings. The Labute approximate surface area is 86.5 Å². The number of hydrogen-bond acceptors (Lipinski definition) is 5. The summed E-state index contributed by atoms with van der Waals surface area (Å²) in [4.78, 5) is 10.7. The van der Waals surface area contributed by atoms with Crippen molar-refractivity contribution in [1.82, 2.24) is 20.2 Å². The molecule has 2 rings (SSSR count). The zero-order valence-electron chi connectivity index (χ0n) is 8.42. The van der Waals surface area contributed by atoms with E-state index >= 15 is 0 Å². The van der Waals surface area contributed by atoms with Crippen LogP contribution in [0.5, 0.6) is 0 Å². The Balaban J connectivity index is 2.00. The topological polar surface area (TPSA) is 92.9 Å². The minimum atomic E-state index is -0.797. The lowest BCUT2D eigenvalue weighted by Gasteiger charge is -2.15. The van der Waals surface area contributed by atoms with E-state index < -0.39 is 5.97 Å². The summed E-state index contributed by atoms with van der Waals surface area (Å²) in [5.41, 5.74) is 0. The highest BCUT2D eigenvalue weighted by Gasteiger charge is 2.33. The number of aliphatic carboxylic acids is 1. The quantitative estimate of drug-likeness (QED) is 0.705. The van der Waals surface area contributed by atoms with Gasteiger partial charge in [-0.25, -0.2) is 4.68 Å². The second-order valence-electron chi connectivity index (χ2n) is 3.81. The summed E-state index contributed by atoms with van der Waals surface area (Å²) in [7, 11) is 1.72. The second kappa shape index (κ2) is 3.84. The number of anilines is 1. The standard InChI is InChI=1S/C8H13N5O2/c1-13-8(10-11-12-13)9-6(4-7(14)15)5-2-3-5/h5-6H,2-4H2,1H3,(H,14,15)(H,9,10,12). The van der Waals surface area contributed by atoms with Gasteiger partial charge in [0.05, 0.1) is 6.42 Å². The number of carboxylic acid groups (broad SMARTS) is 1. The number of rotatable bonds is 5. The highest BCUT2D eigenvalue weighted by molar-refractivity contribution is 5.68. The second-order valence-corrected chi connectivity index (χ2v) is 3.81. The molecule has 1 aromatic heterocycles. The summed E-state index contributed by atoms with van der Waals surface area (Å²) in [6, 6.07) is -0.0628. The number of carboxylic acids is 1. The summed E-state index contributed by atoms with van der Waals surface area (Å²) in [5, 5.41) is 22.8. The molecule has 1 unspecified atom stereocenters. The van der Waals surface area contributed by atoms with Crippen molar-refractivity contribution < 1.29 is 9.90 Å². The molecule has 0 amide bonds. The number of aromatic nitrogens is 4. The molecule has 7 nitrogen and oxygen atoms in total. The molecule has 7 heteroatoms. The molecule has 0 aliphatic heterocycles. The van der Waals surface area contributed by atoms with Gasteiger partial charge in [-0.1, -0.05) is 5.10 Å². The van der Waals surface area contributed by atoms with Gasteiger partial charge in [-0.3, -0.25) is 4.79 Å². The zero-order chi connectivity index (χ0) is 10.8. The maximum Gasteiger partial charge on any atom is 0.305 e. The van der Waals surface area contributed by atoms with Crippen molar-refractivity contribution in [3.8, 4) is 0 Å². The fourth-order valence-corrected chi connectivity index (χ4v) is 1.54. The molecule has 15 heavy (non-hydrogen) atoms. The van der Waals surface area contributed by atoms with Crippen molar-refractivity contribution in [2.75, 3.05) is 5.32 Å². The summed E-state index contributed by atoms with van der Waals surface area (Å²) in [6.45, 7) is 0. The van der Waals surface area contributed by atoms with E-state index in [0.29, 0.717) is 11.9 Å². The SMILES string of the molecule is Cn1nnnc1NC(CC(=O)O)C1CC1. The largest absolute Gasteiger partial charge is 0.481 e. The molecule has 0 saturated heterocycles. The molecule has 1 aliphatic rings. The first-order valence-electron chi connectivity index (χ1n) is 4.87. The molecule has 1 aliphatic carbocycles. The monoisotopic (exact) mass is 211 g/mol. The van der Waals surface area contributed by atoms with Crippen LogP contribution in [-0.2, 0) is 11.8 Å². The lowest BCUT2D eigenvalue weighted by atomic mass is 10.1. The first-order valence-corrected chi connectivity index (χ1v) is 4.87. The normalized spacial score (nSPS) is 17.4. The fraction of sp³-hybridized carbons (Fsp3) is 0.750. The third-order valence-corrected chi connectivity index (χ3v) is 2.52. The van der Waals surface area contributed by atoms with E-state index in [4.69, 9.17) is 5.11 Å². The van der Waals surface area contributed by atoms with E-state index in [1.807, 2.05) is 0 Å². The average Bonchev–Trinajstić information content (AvgIpc) is 2.92. The third-order valence-electron chi connectivity index (χ3n) is 2.52. The van der Waals surface area contributed by atoms with Crippen molar-refractivity contribution in [3.63, 3.8) is 0 Å². The molecule has 0 radical (unpaired) electrons. The molecule has 1 atom stereocenters. The summed E-state index contributed by atoms with van der Waals surface area (Å²) in [5.74, 6) is 0.167. The van der Waals surface area contributed by atoms with Gasteiger partial charge in [0.2, 0.25) is 5.95 Å². The molecule has 1 saturated carbocycles. The molecule has 2 N–H and O–H groups in total. The Morgan fingerprint density at radius 2 is 2.47 bits per heavy atom. The van der Waals surface area contributed by atoms with Crippen LogP contribution in [0, 0.1) is 5.92 Å². The summed E-state index contributed by atoms with van der Waals surface area (Å²) in [6.07, 6.45) is 2.27. The van der Waals surface area contributed by atoms with Crippen LogP contribution in [0.2, 0.25) is 0 Å². The number of nitrogens with zero attached hydrogens (tertiary/aromatic N) is 4. The Hall–Kier alpha value is -1.66. The van der Waals surface area contributed by atoms with Gasteiger partial charge in [-0.2, -0.15) is 0 Å². The third kappa shape index (κ3) is 2.42. The van der Waals surface area contributed by atoms with Gasteiger partial charge >= 0.3 is 5.97 Å². The van der Waals surface area contributed by atoms with Crippen LogP contribution >= 0.6 is 0 Å². The van der Waals surface area contributed by atoms with Crippen LogP contribution < -0.4 is 5.32 Å². The van der Waals surface area contributed by atoms with Gasteiger partial charge in [0.25, 0.3) is 0 Å². The van der Waals surface area contributed by atoms with E-state index in [1.165, 1.54) is 4.68 Å². The summed E-state index contributed by atoms with van der Waals surface area (Å²) >= 11 is 0. The van der Waals surface area contributed by atoms with E-state index in [9.17, 15) is 4.79 Å². The molecule has 1 fully saturated rings. The van der Waals surface area contributed by atoms with Crippen LogP contribution in [-0.4, -0.2) is 37.3 Å². The molecule has 0 bridgehead atoms. The number of aryl methyl sites for hydroxylation is 1. The van der Waals surface area contributed by atoms with Crippen molar-refractivity contribution in [3.05, 3.63) is 0 Å². The predicted octanol–water partition coefficient (Wildman–Crippen LogP) is -0.125. The van der Waals surface area contributed by atoms with Crippen LogP contribution in [0.1, 0.15) is 19.3 Å². The van der Waals surface area contributed by atoms with Crippen LogP contribution in [0.4, 0.5) is 5.95 Å². The van der Waals surface area contributed by atoms with Gasteiger partial charge in [0, 0.05) is 13.1 Å². The molecule has 0 aromatic carbocycles. The van der Waals surface area contributed by atoms with Crippen LogP contribution in [0.15, 0.2) is 0 Å². The lowest BCUT2D eigenvalue weighted by Crippen LogP contribution is -2.26. The van der Waals surface area contributed by atoms with Crippen LogP contribution in [0.3, 0.4) is 0 Å². The minimum absolute atomic E-state index is 0.0628. The Kier molecular flexibility index (Phi) is 2.53. The smallest absolute Gasteiger partial charge is 0.305 e.